The van der Waals surface area contributed by atoms with Crippen LogP contribution in [0.25, 0.3) is 0 Å². The minimum absolute atomic E-state index is 0.0363. The van der Waals surface area contributed by atoms with Crippen LogP contribution in [0, 0.1) is 6.92 Å². The number of rotatable bonds is 8. The van der Waals surface area contributed by atoms with E-state index in [-0.39, 0.29) is 24.8 Å². The van der Waals surface area contributed by atoms with Gasteiger partial charge in [-0.25, -0.2) is 4.68 Å². The van der Waals surface area contributed by atoms with E-state index in [0.29, 0.717) is 24.2 Å². The van der Waals surface area contributed by atoms with Gasteiger partial charge in [0, 0.05) is 28.3 Å². The van der Waals surface area contributed by atoms with Crippen molar-refractivity contribution >= 4 is 34.8 Å². The van der Waals surface area contributed by atoms with E-state index in [9.17, 15) is 9.59 Å². The van der Waals surface area contributed by atoms with Crippen molar-refractivity contribution in [3.8, 4) is 0 Å². The number of aromatic nitrogens is 3. The average Bonchev–Trinajstić information content (AvgIpc) is 3.32. The molecular formula is C27H25N5O2S. The lowest BCUT2D eigenvalue weighted by atomic mass is 10.1. The quantitative estimate of drug-likeness (QED) is 0.364. The Hall–Kier alpha value is -3.91. The topological polar surface area (TPSA) is 80.1 Å². The fourth-order valence-electron chi connectivity index (χ4n) is 3.99. The van der Waals surface area contributed by atoms with E-state index in [1.807, 2.05) is 55.5 Å². The highest BCUT2D eigenvalue weighted by molar-refractivity contribution is 7.99. The van der Waals surface area contributed by atoms with Gasteiger partial charge in [-0.15, -0.1) is 5.10 Å². The first-order valence-corrected chi connectivity index (χ1v) is 12.3. The van der Waals surface area contributed by atoms with E-state index < -0.39 is 0 Å². The Kier molecular flexibility index (Phi) is 6.63. The summed E-state index contributed by atoms with van der Waals surface area (Å²) < 4.78 is 1.50. The van der Waals surface area contributed by atoms with Gasteiger partial charge in [0.1, 0.15) is 12.2 Å². The van der Waals surface area contributed by atoms with E-state index >= 15 is 0 Å². The van der Waals surface area contributed by atoms with Gasteiger partial charge in [0.05, 0.1) is 24.1 Å². The first kappa shape index (κ1) is 22.9. The highest BCUT2D eigenvalue weighted by Crippen LogP contribution is 2.47. The molecule has 0 saturated heterocycles. The molecule has 35 heavy (non-hydrogen) atoms. The Morgan fingerprint density at radius 2 is 1.57 bits per heavy atom. The molecule has 0 aliphatic carbocycles. The Balaban J connectivity index is 1.16. The second-order valence-electron chi connectivity index (χ2n) is 8.41. The van der Waals surface area contributed by atoms with Gasteiger partial charge in [-0.05, 0) is 31.2 Å². The molecule has 176 valence electrons. The Labute approximate surface area is 208 Å². The number of carbonyl (C=O) groups excluding carboxylic acids is 2. The number of nitrogens with zero attached hydrogens (tertiary/aromatic N) is 4. The van der Waals surface area contributed by atoms with Crippen LogP contribution >= 0.6 is 11.8 Å². The van der Waals surface area contributed by atoms with Crippen LogP contribution in [0.3, 0.4) is 0 Å². The summed E-state index contributed by atoms with van der Waals surface area (Å²) in [5, 5.41) is 11.0. The number of anilines is 2. The maximum absolute atomic E-state index is 12.6. The molecule has 0 saturated carbocycles. The first-order valence-electron chi connectivity index (χ1n) is 11.5. The lowest BCUT2D eigenvalue weighted by Gasteiger charge is -2.32. The molecule has 2 heterocycles. The number of carbonyl (C=O) groups is 2. The first-order chi connectivity index (χ1) is 17.1. The summed E-state index contributed by atoms with van der Waals surface area (Å²) >= 11 is 1.75. The number of ketones is 1. The Morgan fingerprint density at radius 3 is 2.26 bits per heavy atom. The van der Waals surface area contributed by atoms with Crippen LogP contribution in [0.1, 0.15) is 28.0 Å². The van der Waals surface area contributed by atoms with Crippen molar-refractivity contribution in [1.29, 1.82) is 0 Å². The molecule has 0 fully saturated rings. The SMILES string of the molecule is Cc1ccc(C(=O)Cn2cc(CNC(=O)CCN3c4ccccc4Sc4ccccc43)nn2)cc1. The summed E-state index contributed by atoms with van der Waals surface area (Å²) in [6.45, 7) is 2.92. The molecule has 0 bridgehead atoms. The predicted octanol–water partition coefficient (Wildman–Crippen LogP) is 4.78. The smallest absolute Gasteiger partial charge is 0.222 e. The minimum Gasteiger partial charge on any atom is -0.350 e. The molecule has 8 heteroatoms. The largest absolute Gasteiger partial charge is 0.350 e. The van der Waals surface area contributed by atoms with Crippen molar-refractivity contribution in [3.05, 3.63) is 95.8 Å². The zero-order valence-corrected chi connectivity index (χ0v) is 20.2. The van der Waals surface area contributed by atoms with Gasteiger partial charge >= 0.3 is 0 Å². The fraction of sp³-hybridized carbons (Fsp3) is 0.185. The van der Waals surface area contributed by atoms with Crippen LogP contribution in [-0.4, -0.2) is 33.2 Å². The lowest BCUT2D eigenvalue weighted by Crippen LogP contribution is -2.29. The molecule has 1 amide bonds. The Bertz CT molecular complexity index is 1320. The second-order valence-corrected chi connectivity index (χ2v) is 9.50. The number of para-hydroxylation sites is 2. The molecule has 4 aromatic rings. The van der Waals surface area contributed by atoms with Gasteiger partial charge in [0.2, 0.25) is 5.91 Å². The monoisotopic (exact) mass is 483 g/mol. The van der Waals surface area contributed by atoms with E-state index in [0.717, 1.165) is 16.9 Å². The number of aryl methyl sites for hydroxylation is 1. The van der Waals surface area contributed by atoms with Gasteiger partial charge < -0.3 is 10.2 Å². The van der Waals surface area contributed by atoms with Crippen LogP contribution < -0.4 is 10.2 Å². The summed E-state index contributed by atoms with van der Waals surface area (Å²) in [7, 11) is 0. The van der Waals surface area contributed by atoms with Crippen LogP contribution in [0.2, 0.25) is 0 Å². The van der Waals surface area contributed by atoms with Crippen molar-refractivity contribution in [1.82, 2.24) is 20.3 Å². The molecule has 0 atom stereocenters. The van der Waals surface area contributed by atoms with Crippen molar-refractivity contribution in [2.24, 2.45) is 0 Å². The van der Waals surface area contributed by atoms with Crippen molar-refractivity contribution < 1.29 is 9.59 Å². The van der Waals surface area contributed by atoms with Crippen molar-refractivity contribution in [2.45, 2.75) is 36.2 Å². The molecule has 1 aliphatic heterocycles. The third-order valence-corrected chi connectivity index (χ3v) is 6.96. The number of nitrogens with one attached hydrogen (secondary N) is 1. The van der Waals surface area contributed by atoms with Gasteiger partial charge in [0.15, 0.2) is 5.78 Å². The highest BCUT2D eigenvalue weighted by atomic mass is 32.2. The number of amides is 1. The van der Waals surface area contributed by atoms with Crippen LogP contribution in [0.4, 0.5) is 11.4 Å². The average molecular weight is 484 g/mol. The van der Waals surface area contributed by atoms with Gasteiger partial charge in [0.25, 0.3) is 0 Å². The normalized spacial score (nSPS) is 12.1. The number of hydrogen-bond acceptors (Lipinski definition) is 6. The molecule has 1 N–H and O–H groups in total. The van der Waals surface area contributed by atoms with Gasteiger partial charge in [-0.2, -0.15) is 0 Å². The molecule has 3 aromatic carbocycles. The number of benzene rings is 3. The van der Waals surface area contributed by atoms with Crippen molar-refractivity contribution in [2.75, 3.05) is 11.4 Å². The molecule has 7 nitrogen and oxygen atoms in total. The van der Waals surface area contributed by atoms with Gasteiger partial charge in [-0.3, -0.25) is 9.59 Å². The van der Waals surface area contributed by atoms with Crippen LogP contribution in [-0.2, 0) is 17.9 Å². The van der Waals surface area contributed by atoms with E-state index in [1.54, 1.807) is 18.0 Å². The summed E-state index contributed by atoms with van der Waals surface area (Å²) in [5.41, 5.74) is 4.59. The van der Waals surface area contributed by atoms with Crippen LogP contribution in [0.5, 0.6) is 0 Å². The molecule has 0 unspecified atom stereocenters. The molecular weight excluding hydrogens is 458 g/mol. The second kappa shape index (κ2) is 10.1. The Morgan fingerprint density at radius 1 is 0.914 bits per heavy atom. The fourth-order valence-corrected chi connectivity index (χ4v) is 5.08. The predicted molar refractivity (Wildman–Crippen MR) is 136 cm³/mol. The van der Waals surface area contributed by atoms with E-state index in [4.69, 9.17) is 0 Å². The maximum Gasteiger partial charge on any atom is 0.222 e. The van der Waals surface area contributed by atoms with E-state index in [2.05, 4.69) is 44.8 Å². The standard InChI is InChI=1S/C27H25N5O2S/c1-19-10-12-20(13-11-19)24(33)18-31-17-21(29-30-31)16-28-27(34)14-15-32-22-6-2-4-8-25(22)35-26-9-5-3-7-23(26)32/h2-13,17H,14-16,18H2,1H3,(H,28,34). The third-order valence-electron chi connectivity index (χ3n) is 5.83. The molecule has 0 radical (unpaired) electrons. The summed E-state index contributed by atoms with van der Waals surface area (Å²) in [6.07, 6.45) is 2.04. The third kappa shape index (κ3) is 5.27. The van der Waals surface area contributed by atoms with Crippen molar-refractivity contribution in [3.63, 3.8) is 0 Å². The number of fused-ring (bicyclic) bond motifs is 2. The van der Waals surface area contributed by atoms with Gasteiger partial charge in [-0.1, -0.05) is 71.1 Å². The highest BCUT2D eigenvalue weighted by Gasteiger charge is 2.23. The zero-order valence-electron chi connectivity index (χ0n) is 19.3. The summed E-state index contributed by atoms with van der Waals surface area (Å²) in [6, 6.07) is 24.0. The van der Waals surface area contributed by atoms with E-state index in [1.165, 1.54) is 14.5 Å². The summed E-state index contributed by atoms with van der Waals surface area (Å²) in [4.78, 5) is 29.6. The van der Waals surface area contributed by atoms with Crippen LogP contribution in [0.15, 0.2) is 88.8 Å². The molecule has 5 rings (SSSR count). The minimum atomic E-state index is -0.0662. The summed E-state index contributed by atoms with van der Waals surface area (Å²) in [5.74, 6) is -0.103. The number of hydrogen-bond donors (Lipinski definition) is 1. The molecule has 1 aromatic heterocycles. The lowest BCUT2D eigenvalue weighted by molar-refractivity contribution is -0.121. The molecule has 1 aliphatic rings. The number of Topliss-reactive ketones (excluding diaryl/α,β-unsaturated/α-hetero) is 1. The molecule has 0 spiro atoms. The maximum atomic E-state index is 12.6. The zero-order chi connectivity index (χ0) is 24.2.